The first-order valence-electron chi connectivity index (χ1n) is 11.6. The molecule has 0 spiro atoms. The first-order valence-corrected chi connectivity index (χ1v) is 11.6. The van der Waals surface area contributed by atoms with Gasteiger partial charge in [-0.3, -0.25) is 14.6 Å². The molecule has 2 aliphatic heterocycles. The van der Waals surface area contributed by atoms with E-state index in [9.17, 15) is 4.79 Å². The first kappa shape index (κ1) is 19.8. The fourth-order valence-corrected chi connectivity index (χ4v) is 5.67. The summed E-state index contributed by atoms with van der Waals surface area (Å²) in [5.74, 6) is 1.10. The molecule has 1 unspecified atom stereocenters. The molecule has 1 atom stereocenters. The van der Waals surface area contributed by atoms with Gasteiger partial charge in [0, 0.05) is 31.0 Å². The number of hydrogen-bond donors (Lipinski definition) is 2. The second-order valence-electron chi connectivity index (χ2n) is 9.19. The Bertz CT molecular complexity index is 818. The maximum Gasteiger partial charge on any atom is 0.224 e. The van der Waals surface area contributed by atoms with Crippen LogP contribution in [0.3, 0.4) is 0 Å². The van der Waals surface area contributed by atoms with E-state index in [4.69, 9.17) is 0 Å². The molecule has 2 fully saturated rings. The molecule has 6 nitrogen and oxygen atoms in total. The van der Waals surface area contributed by atoms with Crippen molar-refractivity contribution in [3.8, 4) is 0 Å². The average molecular weight is 408 g/mol. The number of carbonyl (C=O) groups is 1. The number of nitrogens with one attached hydrogen (secondary N) is 2. The van der Waals surface area contributed by atoms with Crippen LogP contribution in [0.2, 0.25) is 0 Å². The maximum atomic E-state index is 12.7. The number of fused-ring (bicyclic) bond motifs is 1. The van der Waals surface area contributed by atoms with Gasteiger partial charge in [0.1, 0.15) is 5.82 Å². The Morgan fingerprint density at radius 1 is 1.03 bits per heavy atom. The van der Waals surface area contributed by atoms with Crippen LogP contribution in [-0.2, 0) is 24.2 Å². The third kappa shape index (κ3) is 4.30. The number of nitrogens with zero attached hydrogens (tertiary/aromatic N) is 3. The van der Waals surface area contributed by atoms with Crippen molar-refractivity contribution in [1.82, 2.24) is 25.1 Å². The fourth-order valence-electron chi connectivity index (χ4n) is 5.67. The molecular formula is C24H33N5O. The van der Waals surface area contributed by atoms with Gasteiger partial charge in [-0.1, -0.05) is 24.3 Å². The zero-order valence-corrected chi connectivity index (χ0v) is 17.7. The molecule has 1 aromatic carbocycles. The topological polar surface area (TPSA) is 64.3 Å². The summed E-state index contributed by atoms with van der Waals surface area (Å²) in [5, 5.41) is 3.06. The number of imidazole rings is 1. The number of rotatable bonds is 5. The van der Waals surface area contributed by atoms with E-state index in [0.717, 1.165) is 31.8 Å². The van der Waals surface area contributed by atoms with Crippen molar-refractivity contribution in [2.24, 2.45) is 5.92 Å². The lowest BCUT2D eigenvalue weighted by molar-refractivity contribution is -0.127. The Hall–Kier alpha value is -2.18. The van der Waals surface area contributed by atoms with Crippen LogP contribution >= 0.6 is 0 Å². The van der Waals surface area contributed by atoms with Gasteiger partial charge >= 0.3 is 0 Å². The summed E-state index contributed by atoms with van der Waals surface area (Å²) < 4.78 is 0. The number of piperidine rings is 2. The maximum absolute atomic E-state index is 12.7. The minimum absolute atomic E-state index is 0.107. The molecule has 5 rings (SSSR count). The molecule has 3 heterocycles. The molecule has 1 aromatic heterocycles. The number of benzene rings is 1. The Labute approximate surface area is 179 Å². The van der Waals surface area contributed by atoms with Crippen LogP contribution < -0.4 is 5.32 Å². The fraction of sp³-hybridized carbons (Fsp3) is 0.583. The van der Waals surface area contributed by atoms with Crippen LogP contribution in [-0.4, -0.2) is 63.9 Å². The highest BCUT2D eigenvalue weighted by molar-refractivity contribution is 5.78. The zero-order valence-electron chi connectivity index (χ0n) is 17.7. The van der Waals surface area contributed by atoms with Gasteiger partial charge in [0.25, 0.3) is 0 Å². The molecule has 1 amide bonds. The average Bonchev–Trinajstić information content (AvgIpc) is 3.47. The van der Waals surface area contributed by atoms with Gasteiger partial charge in [-0.05, 0) is 69.3 Å². The lowest BCUT2D eigenvalue weighted by Gasteiger charge is -2.43. The normalized spacial score (nSPS) is 24.1. The standard InChI is InChI=1S/C24H33N5O/c30-24(27-16-23-25-9-10-26-23)20-6-3-11-29(17-20)21-7-12-28(13-8-21)22-14-18-4-1-2-5-19(18)15-22/h1-2,4-5,9-10,20-22H,3,6-8,11-17H2,(H,25,26)(H,27,30). The Kier molecular flexibility index (Phi) is 5.86. The van der Waals surface area contributed by atoms with E-state index >= 15 is 0 Å². The molecule has 0 radical (unpaired) electrons. The van der Waals surface area contributed by atoms with Crippen molar-refractivity contribution < 1.29 is 4.79 Å². The SMILES string of the molecule is O=C(NCc1ncc[nH]1)C1CCCN(C2CCN(C3Cc4ccccc4C3)CC2)C1. The molecule has 6 heteroatoms. The lowest BCUT2D eigenvalue weighted by atomic mass is 9.92. The highest BCUT2D eigenvalue weighted by Gasteiger charge is 2.34. The number of aromatic amines is 1. The van der Waals surface area contributed by atoms with Crippen LogP contribution in [0.1, 0.15) is 42.6 Å². The van der Waals surface area contributed by atoms with E-state index in [0.29, 0.717) is 18.6 Å². The van der Waals surface area contributed by atoms with Gasteiger partial charge in [-0.25, -0.2) is 4.98 Å². The Morgan fingerprint density at radius 3 is 2.50 bits per heavy atom. The summed E-state index contributed by atoms with van der Waals surface area (Å²) in [6, 6.07) is 10.3. The minimum Gasteiger partial charge on any atom is -0.349 e. The van der Waals surface area contributed by atoms with Crippen molar-refractivity contribution in [2.45, 2.75) is 57.2 Å². The molecule has 1 aliphatic carbocycles. The van der Waals surface area contributed by atoms with Crippen LogP contribution in [0, 0.1) is 5.92 Å². The molecule has 0 saturated carbocycles. The molecule has 2 aromatic rings. The second-order valence-corrected chi connectivity index (χ2v) is 9.19. The van der Waals surface area contributed by atoms with E-state index in [1.807, 2.05) is 0 Å². The summed E-state index contributed by atoms with van der Waals surface area (Å²) in [6.45, 7) is 4.92. The minimum atomic E-state index is 0.107. The smallest absolute Gasteiger partial charge is 0.224 e. The number of hydrogen-bond acceptors (Lipinski definition) is 4. The van der Waals surface area contributed by atoms with Crippen LogP contribution in [0.15, 0.2) is 36.7 Å². The van der Waals surface area contributed by atoms with E-state index in [2.05, 4.69) is 49.4 Å². The predicted molar refractivity (Wildman–Crippen MR) is 117 cm³/mol. The lowest BCUT2D eigenvalue weighted by Crippen LogP contribution is -2.52. The van der Waals surface area contributed by atoms with Crippen molar-refractivity contribution in [2.75, 3.05) is 26.2 Å². The summed E-state index contributed by atoms with van der Waals surface area (Å²) in [7, 11) is 0. The van der Waals surface area contributed by atoms with E-state index in [1.54, 1.807) is 23.5 Å². The summed E-state index contributed by atoms with van der Waals surface area (Å²) in [4.78, 5) is 25.2. The number of H-pyrrole nitrogens is 1. The number of carbonyl (C=O) groups excluding carboxylic acids is 1. The molecule has 30 heavy (non-hydrogen) atoms. The molecule has 160 valence electrons. The first-order chi connectivity index (χ1) is 14.8. The highest BCUT2D eigenvalue weighted by Crippen LogP contribution is 2.29. The van der Waals surface area contributed by atoms with Gasteiger partial charge in [0.2, 0.25) is 5.91 Å². The van der Waals surface area contributed by atoms with Gasteiger partial charge in [-0.2, -0.15) is 0 Å². The van der Waals surface area contributed by atoms with Crippen LogP contribution in [0.25, 0.3) is 0 Å². The summed E-state index contributed by atoms with van der Waals surface area (Å²) in [5.41, 5.74) is 3.09. The summed E-state index contributed by atoms with van der Waals surface area (Å²) in [6.07, 6.45) is 10.5. The second kappa shape index (κ2) is 8.90. The zero-order chi connectivity index (χ0) is 20.3. The molecule has 2 N–H and O–H groups in total. The van der Waals surface area contributed by atoms with Crippen molar-refractivity contribution in [3.05, 3.63) is 53.6 Å². The molecule has 0 bridgehead atoms. The van der Waals surface area contributed by atoms with Gasteiger partial charge < -0.3 is 10.3 Å². The van der Waals surface area contributed by atoms with Crippen molar-refractivity contribution >= 4 is 5.91 Å². The molecule has 3 aliphatic rings. The molecule has 2 saturated heterocycles. The number of likely N-dealkylation sites (tertiary alicyclic amines) is 2. The largest absolute Gasteiger partial charge is 0.349 e. The third-order valence-electron chi connectivity index (χ3n) is 7.37. The van der Waals surface area contributed by atoms with Gasteiger partial charge in [-0.15, -0.1) is 0 Å². The quantitative estimate of drug-likeness (QED) is 0.799. The van der Waals surface area contributed by atoms with Gasteiger partial charge in [0.15, 0.2) is 0 Å². The van der Waals surface area contributed by atoms with E-state index in [1.165, 1.54) is 38.8 Å². The third-order valence-corrected chi connectivity index (χ3v) is 7.37. The number of aromatic nitrogens is 2. The highest BCUT2D eigenvalue weighted by atomic mass is 16.1. The van der Waals surface area contributed by atoms with Crippen molar-refractivity contribution in [3.63, 3.8) is 0 Å². The van der Waals surface area contributed by atoms with Crippen LogP contribution in [0.5, 0.6) is 0 Å². The molecular weight excluding hydrogens is 374 g/mol. The van der Waals surface area contributed by atoms with Crippen LogP contribution in [0.4, 0.5) is 0 Å². The van der Waals surface area contributed by atoms with E-state index < -0.39 is 0 Å². The Morgan fingerprint density at radius 2 is 1.80 bits per heavy atom. The monoisotopic (exact) mass is 407 g/mol. The predicted octanol–water partition coefficient (Wildman–Crippen LogP) is 2.37. The number of amides is 1. The van der Waals surface area contributed by atoms with Crippen molar-refractivity contribution in [1.29, 1.82) is 0 Å². The van der Waals surface area contributed by atoms with E-state index in [-0.39, 0.29) is 11.8 Å². The summed E-state index contributed by atoms with van der Waals surface area (Å²) >= 11 is 0. The Balaban J connectivity index is 1.10. The van der Waals surface area contributed by atoms with Gasteiger partial charge in [0.05, 0.1) is 12.5 Å².